The Labute approximate surface area is 435 Å². The molecule has 0 bridgehead atoms. The lowest BCUT2D eigenvalue weighted by Gasteiger charge is -2.17. The number of halogens is 1. The molecule has 8 heteroatoms. The van der Waals surface area contributed by atoms with Gasteiger partial charge in [-0.1, -0.05) is 206 Å². The van der Waals surface area contributed by atoms with Gasteiger partial charge in [0.1, 0.15) is 11.0 Å². The number of rotatable bonds is 6. The Morgan fingerprint density at radius 3 is 0.946 bits per heavy atom. The first-order chi connectivity index (χ1) is 36.5. The van der Waals surface area contributed by atoms with E-state index in [0.717, 1.165) is 33.3 Å². The highest BCUT2D eigenvalue weighted by Crippen LogP contribution is 2.44. The van der Waals surface area contributed by atoms with Crippen LogP contribution >= 0.6 is 15.9 Å². The zero-order chi connectivity index (χ0) is 50.0. The summed E-state index contributed by atoms with van der Waals surface area (Å²) in [6.45, 7) is 0. The Kier molecular flexibility index (Phi) is 12.7. The fraction of sp³-hybridized carbons (Fsp3) is 0. The summed E-state index contributed by atoms with van der Waals surface area (Å²) in [7, 11) is -1.46. The van der Waals surface area contributed by atoms with Crippen LogP contribution < -0.4 is 5.46 Å². The van der Waals surface area contributed by atoms with Crippen LogP contribution in [0.25, 0.3) is 122 Å². The molecule has 0 saturated heterocycles. The Hall–Kier alpha value is -8.92. The molecule has 0 spiro atoms. The number of hydrogen-bond donors (Lipinski definition) is 2. The van der Waals surface area contributed by atoms with Gasteiger partial charge in [-0.05, 0) is 146 Å². The van der Waals surface area contributed by atoms with Crippen molar-refractivity contribution in [2.45, 2.75) is 0 Å². The highest BCUT2D eigenvalue weighted by atomic mass is 79.9. The van der Waals surface area contributed by atoms with E-state index in [1.165, 1.54) is 80.9 Å². The Balaban J connectivity index is 0.000000122. The summed E-state index contributed by atoms with van der Waals surface area (Å²) in [5.41, 5.74) is 12.9. The van der Waals surface area contributed by atoms with Crippen LogP contribution in [-0.4, -0.2) is 27.1 Å². The number of aromatic nitrogens is 2. The van der Waals surface area contributed by atoms with Crippen molar-refractivity contribution in [3.05, 3.63) is 259 Å². The number of fused-ring (bicyclic) bond motifs is 6. The summed E-state index contributed by atoms with van der Waals surface area (Å²) in [5.74, 6) is 1.17. The molecule has 12 aromatic carbocycles. The molecule has 2 N–H and O–H groups in total. The summed E-state index contributed by atoms with van der Waals surface area (Å²) >= 11 is 3.79. The van der Waals surface area contributed by atoms with Crippen LogP contribution in [0.1, 0.15) is 0 Å². The summed E-state index contributed by atoms with van der Waals surface area (Å²) < 4.78 is 12.8. The molecule has 74 heavy (non-hydrogen) atoms. The Morgan fingerprint density at radius 2 is 0.581 bits per heavy atom. The van der Waals surface area contributed by atoms with Crippen molar-refractivity contribution in [2.75, 3.05) is 0 Å². The second-order valence-electron chi connectivity index (χ2n) is 17.9. The van der Waals surface area contributed by atoms with E-state index < -0.39 is 7.12 Å². The number of oxazole rings is 2. The molecule has 14 aromatic rings. The lowest BCUT2D eigenvalue weighted by Crippen LogP contribution is -2.29. The van der Waals surface area contributed by atoms with Crippen molar-refractivity contribution < 1.29 is 18.9 Å². The van der Waals surface area contributed by atoms with Gasteiger partial charge in [0.2, 0.25) is 11.8 Å². The number of nitrogens with zero attached hydrogens (tertiary/aromatic N) is 2. The molecule has 2 heterocycles. The second kappa shape index (κ2) is 20.3. The van der Waals surface area contributed by atoms with E-state index in [1.54, 1.807) is 24.3 Å². The Bertz CT molecular complexity index is 4110. The van der Waals surface area contributed by atoms with Crippen LogP contribution in [-0.2, 0) is 0 Å². The molecule has 0 aliphatic carbocycles. The predicted octanol–water partition coefficient (Wildman–Crippen LogP) is 16.7. The highest BCUT2D eigenvalue weighted by Gasteiger charge is 2.18. The predicted molar refractivity (Wildman–Crippen MR) is 309 cm³/mol. The van der Waals surface area contributed by atoms with Crippen molar-refractivity contribution in [2.24, 2.45) is 0 Å². The molecular weight excluding hydrogens is 975 g/mol. The molecule has 2 aromatic heterocycles. The minimum atomic E-state index is -1.46. The molecule has 14 rings (SSSR count). The van der Waals surface area contributed by atoms with Crippen molar-refractivity contribution in [3.63, 3.8) is 0 Å². The van der Waals surface area contributed by atoms with Crippen molar-refractivity contribution >= 4 is 93.8 Å². The van der Waals surface area contributed by atoms with E-state index in [0.29, 0.717) is 17.2 Å². The van der Waals surface area contributed by atoms with E-state index in [2.05, 4.69) is 208 Å². The summed E-state index contributed by atoms with van der Waals surface area (Å²) in [6.07, 6.45) is 0. The lowest BCUT2D eigenvalue weighted by molar-refractivity contribution is 0.426. The van der Waals surface area contributed by atoms with Gasteiger partial charge >= 0.3 is 7.12 Å². The second-order valence-corrected chi connectivity index (χ2v) is 18.7. The summed E-state index contributed by atoms with van der Waals surface area (Å²) in [4.78, 5) is 9.03. The van der Waals surface area contributed by atoms with Gasteiger partial charge in [0, 0.05) is 15.6 Å². The molecule has 0 amide bonds. The number of benzene rings is 12. The SMILES string of the molecule is Brc1c2ccccc2c(-c2ccccc2)c2ccccc12.OB(O)c1ccc(-c2nc3ccccc3o2)cc1.c1ccc(-c2c3ccccc3c(-c3ccc(-c4nc5ccccc5o4)cc3)c3ccccc23)cc1. The van der Waals surface area contributed by atoms with Crippen molar-refractivity contribution in [1.29, 1.82) is 0 Å². The fourth-order valence-corrected chi connectivity index (χ4v) is 10.6. The molecule has 0 unspecified atom stereocenters. The Morgan fingerprint density at radius 1 is 0.297 bits per heavy atom. The van der Waals surface area contributed by atoms with Crippen LogP contribution in [0.15, 0.2) is 268 Å². The van der Waals surface area contributed by atoms with Gasteiger partial charge in [-0.3, -0.25) is 0 Å². The van der Waals surface area contributed by atoms with Crippen LogP contribution in [0.5, 0.6) is 0 Å². The first kappa shape index (κ1) is 46.2. The smallest absolute Gasteiger partial charge is 0.436 e. The van der Waals surface area contributed by atoms with E-state index in [9.17, 15) is 0 Å². The van der Waals surface area contributed by atoms with Gasteiger partial charge in [-0.15, -0.1) is 0 Å². The van der Waals surface area contributed by atoms with Gasteiger partial charge in [-0.2, -0.15) is 0 Å². The largest absolute Gasteiger partial charge is 0.488 e. The number of hydrogen-bond acceptors (Lipinski definition) is 6. The molecule has 0 aliphatic rings. The van der Waals surface area contributed by atoms with Crippen LogP contribution in [0.3, 0.4) is 0 Å². The van der Waals surface area contributed by atoms with Gasteiger partial charge in [0.05, 0.1) is 0 Å². The fourth-order valence-electron chi connectivity index (χ4n) is 9.91. The monoisotopic (exact) mass is 1020 g/mol. The van der Waals surface area contributed by atoms with Gasteiger partial charge < -0.3 is 18.9 Å². The average Bonchev–Trinajstić information content (AvgIpc) is 4.11. The lowest BCUT2D eigenvalue weighted by atomic mass is 9.80. The maximum atomic E-state index is 9.02. The first-order valence-corrected chi connectivity index (χ1v) is 25.2. The molecule has 0 saturated carbocycles. The maximum Gasteiger partial charge on any atom is 0.488 e. The summed E-state index contributed by atoms with van der Waals surface area (Å²) in [5, 5.41) is 28.1. The summed E-state index contributed by atoms with van der Waals surface area (Å²) in [6, 6.07) is 86.7. The van der Waals surface area contributed by atoms with Crippen molar-refractivity contribution in [3.8, 4) is 56.3 Å². The van der Waals surface area contributed by atoms with E-state index in [4.69, 9.17) is 18.9 Å². The minimum Gasteiger partial charge on any atom is -0.436 e. The molecule has 0 radical (unpaired) electrons. The molecular formula is C66H44BBrN2O4. The molecule has 6 nitrogen and oxygen atoms in total. The third-order valence-corrected chi connectivity index (χ3v) is 14.2. The third kappa shape index (κ3) is 8.92. The number of para-hydroxylation sites is 4. The van der Waals surface area contributed by atoms with E-state index >= 15 is 0 Å². The molecule has 0 fully saturated rings. The van der Waals surface area contributed by atoms with Gasteiger partial charge in [-0.25, -0.2) is 9.97 Å². The molecule has 0 aliphatic heterocycles. The first-order valence-electron chi connectivity index (χ1n) is 24.4. The van der Waals surface area contributed by atoms with Gasteiger partial charge in [0.25, 0.3) is 0 Å². The van der Waals surface area contributed by atoms with Crippen LogP contribution in [0, 0.1) is 0 Å². The molecule has 0 atom stereocenters. The standard InChI is InChI=1S/C33H21NO.C20H13Br.C13H10BNO3/c1-2-10-22(11-3-1)31-25-12-4-6-14-27(25)32(28-15-7-5-13-26(28)31)23-18-20-24(21-19-23)33-34-29-16-8-9-17-30(29)35-33;21-20-17-12-6-4-10-15(17)19(14-8-2-1-3-9-14)16-11-5-7-13-18(16)20;16-14(17)10-7-5-9(6-8-10)13-15-11-3-1-2-4-12(11)18-13/h1-21H;1-13H;1-8,16-17H. The van der Waals surface area contributed by atoms with E-state index in [-0.39, 0.29) is 0 Å². The van der Waals surface area contributed by atoms with Crippen LogP contribution in [0.2, 0.25) is 0 Å². The zero-order valence-electron chi connectivity index (χ0n) is 39.8. The van der Waals surface area contributed by atoms with Crippen molar-refractivity contribution in [1.82, 2.24) is 9.97 Å². The quantitative estimate of drug-likeness (QED) is 0.127. The molecule has 352 valence electrons. The highest BCUT2D eigenvalue weighted by molar-refractivity contribution is 9.10. The van der Waals surface area contributed by atoms with E-state index in [1.807, 2.05) is 48.5 Å². The maximum absolute atomic E-state index is 9.02. The normalized spacial score (nSPS) is 11.2. The van der Waals surface area contributed by atoms with Gasteiger partial charge in [0.15, 0.2) is 11.2 Å². The zero-order valence-corrected chi connectivity index (χ0v) is 41.4. The minimum absolute atomic E-state index is 0.440. The topological polar surface area (TPSA) is 92.5 Å². The third-order valence-electron chi connectivity index (χ3n) is 13.4. The average molecular weight is 1020 g/mol. The van der Waals surface area contributed by atoms with Crippen LogP contribution in [0.4, 0.5) is 0 Å².